The van der Waals surface area contributed by atoms with Gasteiger partial charge in [0, 0.05) is 5.39 Å². The van der Waals surface area contributed by atoms with Crippen LogP contribution in [0, 0.1) is 13.8 Å². The Kier molecular flexibility index (Phi) is 2.82. The molecular formula is C18H14N2O2. The lowest BCUT2D eigenvalue weighted by atomic mass is 10.1. The van der Waals surface area contributed by atoms with Crippen molar-refractivity contribution in [2.75, 3.05) is 0 Å². The minimum Gasteiger partial charge on any atom is -0.449 e. The van der Waals surface area contributed by atoms with E-state index >= 15 is 0 Å². The second kappa shape index (κ2) is 4.84. The normalized spacial score (nSPS) is 11.2. The third-order valence-corrected chi connectivity index (χ3v) is 3.68. The van der Waals surface area contributed by atoms with Crippen molar-refractivity contribution in [1.82, 2.24) is 9.97 Å². The van der Waals surface area contributed by atoms with E-state index < -0.39 is 0 Å². The molecule has 0 spiro atoms. The predicted octanol–water partition coefficient (Wildman–Crippen LogP) is 4.79. The maximum Gasteiger partial charge on any atom is 0.267 e. The van der Waals surface area contributed by atoms with Crippen LogP contribution in [-0.4, -0.2) is 9.97 Å². The van der Waals surface area contributed by atoms with Crippen LogP contribution in [0.1, 0.15) is 11.1 Å². The van der Waals surface area contributed by atoms with Crippen LogP contribution in [0.4, 0.5) is 0 Å². The second-order valence-electron chi connectivity index (χ2n) is 5.33. The summed E-state index contributed by atoms with van der Waals surface area (Å²) < 4.78 is 11.9. The van der Waals surface area contributed by atoms with E-state index in [-0.39, 0.29) is 0 Å². The molecule has 0 saturated carbocycles. The lowest BCUT2D eigenvalue weighted by molar-refractivity contribution is 0.452. The molecule has 22 heavy (non-hydrogen) atoms. The van der Waals surface area contributed by atoms with Crippen molar-refractivity contribution in [2.45, 2.75) is 13.8 Å². The summed E-state index contributed by atoms with van der Waals surface area (Å²) in [4.78, 5) is 8.57. The molecule has 0 fully saturated rings. The number of furan rings is 1. The molecule has 0 atom stereocenters. The van der Waals surface area contributed by atoms with Gasteiger partial charge in [-0.05, 0) is 43.2 Å². The smallest absolute Gasteiger partial charge is 0.267 e. The first kappa shape index (κ1) is 12.8. The molecule has 0 unspecified atom stereocenters. The van der Waals surface area contributed by atoms with E-state index in [2.05, 4.69) is 16.0 Å². The van der Waals surface area contributed by atoms with Crippen LogP contribution in [0.2, 0.25) is 0 Å². The van der Waals surface area contributed by atoms with Gasteiger partial charge in [0.25, 0.3) is 5.88 Å². The van der Waals surface area contributed by atoms with Crippen LogP contribution in [0.5, 0.6) is 11.6 Å². The number of benzene rings is 2. The van der Waals surface area contributed by atoms with Gasteiger partial charge in [-0.25, -0.2) is 4.98 Å². The summed E-state index contributed by atoms with van der Waals surface area (Å²) in [5.41, 5.74) is 4.31. The van der Waals surface area contributed by atoms with Crippen LogP contribution < -0.4 is 4.74 Å². The van der Waals surface area contributed by atoms with Gasteiger partial charge >= 0.3 is 0 Å². The first-order chi connectivity index (χ1) is 10.7. The van der Waals surface area contributed by atoms with E-state index in [9.17, 15) is 0 Å². The van der Waals surface area contributed by atoms with Crippen LogP contribution in [0.3, 0.4) is 0 Å². The van der Waals surface area contributed by atoms with Gasteiger partial charge in [0.1, 0.15) is 23.2 Å². The quantitative estimate of drug-likeness (QED) is 0.533. The zero-order chi connectivity index (χ0) is 15.1. The van der Waals surface area contributed by atoms with E-state index in [1.54, 1.807) is 0 Å². The largest absolute Gasteiger partial charge is 0.449 e. The van der Waals surface area contributed by atoms with Gasteiger partial charge in [0.2, 0.25) is 5.58 Å². The summed E-state index contributed by atoms with van der Waals surface area (Å²) in [6, 6.07) is 13.9. The Morgan fingerprint density at radius 1 is 1.00 bits per heavy atom. The molecule has 2 aromatic heterocycles. The number of fused-ring (bicyclic) bond motifs is 3. The molecule has 0 amide bonds. The van der Waals surface area contributed by atoms with Gasteiger partial charge in [-0.2, -0.15) is 4.98 Å². The highest BCUT2D eigenvalue weighted by atomic mass is 16.5. The van der Waals surface area contributed by atoms with Gasteiger partial charge in [0.05, 0.1) is 0 Å². The second-order valence-corrected chi connectivity index (χ2v) is 5.33. The Hall–Kier alpha value is -2.88. The summed E-state index contributed by atoms with van der Waals surface area (Å²) in [5, 5.41) is 0.964. The maximum absolute atomic E-state index is 5.99. The number of hydrogen-bond donors (Lipinski definition) is 0. The Morgan fingerprint density at radius 3 is 2.77 bits per heavy atom. The van der Waals surface area contributed by atoms with Crippen molar-refractivity contribution in [3.8, 4) is 11.6 Å². The number of nitrogens with zero attached hydrogens (tertiary/aromatic N) is 2. The molecule has 4 heteroatoms. The molecule has 2 heterocycles. The van der Waals surface area contributed by atoms with E-state index in [4.69, 9.17) is 9.15 Å². The monoisotopic (exact) mass is 290 g/mol. The summed E-state index contributed by atoms with van der Waals surface area (Å²) >= 11 is 0. The predicted molar refractivity (Wildman–Crippen MR) is 85.3 cm³/mol. The molecule has 0 aliphatic heterocycles. The van der Waals surface area contributed by atoms with Crippen molar-refractivity contribution < 1.29 is 9.15 Å². The Bertz CT molecular complexity index is 989. The van der Waals surface area contributed by atoms with Crippen LogP contribution in [-0.2, 0) is 0 Å². The lowest BCUT2D eigenvalue weighted by Crippen LogP contribution is -1.92. The van der Waals surface area contributed by atoms with Crippen molar-refractivity contribution in [3.63, 3.8) is 0 Å². The fourth-order valence-corrected chi connectivity index (χ4v) is 2.50. The highest BCUT2D eigenvalue weighted by Gasteiger charge is 2.15. The highest BCUT2D eigenvalue weighted by Crippen LogP contribution is 2.34. The topological polar surface area (TPSA) is 48.2 Å². The van der Waals surface area contributed by atoms with E-state index in [1.165, 1.54) is 6.33 Å². The molecule has 108 valence electrons. The van der Waals surface area contributed by atoms with Gasteiger partial charge < -0.3 is 9.15 Å². The maximum atomic E-state index is 5.99. The molecule has 4 nitrogen and oxygen atoms in total. The number of aryl methyl sites for hydroxylation is 2. The molecular weight excluding hydrogens is 276 g/mol. The van der Waals surface area contributed by atoms with Crippen LogP contribution in [0.25, 0.3) is 22.1 Å². The Balaban J connectivity index is 1.90. The molecule has 0 N–H and O–H groups in total. The Labute approximate surface area is 127 Å². The minimum atomic E-state index is 0.440. The molecule has 0 saturated heterocycles. The average Bonchev–Trinajstić information content (AvgIpc) is 2.91. The first-order valence-corrected chi connectivity index (χ1v) is 7.10. The number of para-hydroxylation sites is 1. The van der Waals surface area contributed by atoms with Crippen LogP contribution >= 0.6 is 0 Å². The molecule has 0 aliphatic carbocycles. The Morgan fingerprint density at radius 2 is 1.86 bits per heavy atom. The zero-order valence-electron chi connectivity index (χ0n) is 12.3. The minimum absolute atomic E-state index is 0.440. The van der Waals surface area contributed by atoms with Gasteiger partial charge in [0.15, 0.2) is 0 Å². The van der Waals surface area contributed by atoms with Crippen molar-refractivity contribution >= 4 is 22.1 Å². The number of rotatable bonds is 2. The van der Waals surface area contributed by atoms with Crippen molar-refractivity contribution in [2.24, 2.45) is 0 Å². The lowest BCUT2D eigenvalue weighted by Gasteiger charge is -2.08. The molecule has 0 bridgehead atoms. The SMILES string of the molecule is Cc1ccc(C)c(Oc2ncnc3c2oc2ccccc23)c1. The highest BCUT2D eigenvalue weighted by molar-refractivity contribution is 6.03. The molecule has 4 rings (SSSR count). The van der Waals surface area contributed by atoms with E-state index in [0.717, 1.165) is 33.4 Å². The van der Waals surface area contributed by atoms with E-state index in [0.29, 0.717) is 11.5 Å². The van der Waals surface area contributed by atoms with Gasteiger partial charge in [-0.1, -0.05) is 24.3 Å². The first-order valence-electron chi connectivity index (χ1n) is 7.10. The fourth-order valence-electron chi connectivity index (χ4n) is 2.50. The molecule has 2 aromatic carbocycles. The summed E-state index contributed by atoms with van der Waals surface area (Å²) in [6.45, 7) is 4.04. The molecule has 0 aliphatic rings. The zero-order valence-corrected chi connectivity index (χ0v) is 12.3. The molecule has 4 aromatic rings. The fraction of sp³-hybridized carbons (Fsp3) is 0.111. The van der Waals surface area contributed by atoms with Crippen molar-refractivity contribution in [3.05, 3.63) is 59.9 Å². The summed E-state index contributed by atoms with van der Waals surface area (Å²) in [5.74, 6) is 1.22. The molecule has 0 radical (unpaired) electrons. The summed E-state index contributed by atoms with van der Waals surface area (Å²) in [6.07, 6.45) is 1.50. The van der Waals surface area contributed by atoms with Crippen molar-refractivity contribution in [1.29, 1.82) is 0 Å². The average molecular weight is 290 g/mol. The van der Waals surface area contributed by atoms with E-state index in [1.807, 2.05) is 50.2 Å². The van der Waals surface area contributed by atoms with Crippen LogP contribution in [0.15, 0.2) is 53.2 Å². The number of aromatic nitrogens is 2. The third kappa shape index (κ3) is 2.00. The van der Waals surface area contributed by atoms with Gasteiger partial charge in [-0.3, -0.25) is 0 Å². The number of hydrogen-bond acceptors (Lipinski definition) is 4. The summed E-state index contributed by atoms with van der Waals surface area (Å²) in [7, 11) is 0. The van der Waals surface area contributed by atoms with Gasteiger partial charge in [-0.15, -0.1) is 0 Å². The number of ether oxygens (including phenoxy) is 1. The third-order valence-electron chi connectivity index (χ3n) is 3.68. The standard InChI is InChI=1S/C18H14N2O2/c1-11-7-8-12(2)15(9-11)22-18-17-16(19-10-20-18)13-5-3-4-6-14(13)21-17/h3-10H,1-2H3.